The zero-order valence-corrected chi connectivity index (χ0v) is 25.1. The largest absolute Gasteiger partial charge is 1.00 e. The van der Waals surface area contributed by atoms with Crippen LogP contribution < -0.4 is 24.8 Å². The number of halogens is 2. The molecular weight excluding hydrogens is 551 g/mol. The van der Waals surface area contributed by atoms with Crippen LogP contribution in [0.4, 0.5) is 0 Å². The van der Waals surface area contributed by atoms with Gasteiger partial charge in [0.1, 0.15) is 0 Å². The zero-order chi connectivity index (χ0) is 22.0. The molecule has 0 bridgehead atoms. The van der Waals surface area contributed by atoms with E-state index in [1.807, 2.05) is 6.56 Å². The van der Waals surface area contributed by atoms with Crippen molar-refractivity contribution in [1.82, 2.24) is 0 Å². The molecule has 2 aliphatic rings. The van der Waals surface area contributed by atoms with E-state index in [4.69, 9.17) is 0 Å². The summed E-state index contributed by atoms with van der Waals surface area (Å²) in [7, 11) is 0. The second-order valence-corrected chi connectivity index (χ2v) is 26.4. The van der Waals surface area contributed by atoms with E-state index in [1.165, 1.54) is 21.5 Å². The third-order valence-electron chi connectivity index (χ3n) is 7.25. The van der Waals surface area contributed by atoms with Gasteiger partial charge in [-0.2, -0.15) is 0 Å². The summed E-state index contributed by atoms with van der Waals surface area (Å²) in [6, 6.07) is 27.8. The zero-order valence-electron chi connectivity index (χ0n) is 20.1. The Hall–Kier alpha value is -1.44. The number of allylic oxidation sites excluding steroid dienone is 2. The van der Waals surface area contributed by atoms with Gasteiger partial charge in [0.2, 0.25) is 0 Å². The summed E-state index contributed by atoms with van der Waals surface area (Å²) in [5, 5.41) is 5.56. The fourth-order valence-electron chi connectivity index (χ4n) is 5.86. The van der Waals surface area contributed by atoms with Crippen molar-refractivity contribution >= 4 is 33.5 Å². The fourth-order valence-corrected chi connectivity index (χ4v) is 24.0. The first-order valence-corrected chi connectivity index (χ1v) is 20.3. The molecule has 0 N–H and O–H groups in total. The molecule has 2 aliphatic carbocycles. The average Bonchev–Trinajstić information content (AvgIpc) is 3.26. The van der Waals surface area contributed by atoms with Gasteiger partial charge >= 0.3 is 200 Å². The minimum absolute atomic E-state index is 0. The number of rotatable bonds is 2. The standard InChI is InChI=1S/2C14H11.C2H6Si.2ClH.Zr/c2*1-10-6-13-8-11-4-2-3-5-12(11)9-14(13)7-10;1-3-2;;;/h2*2-5,8-9H,6H2,1H3;1-2H3;2*1H;/q;;;;;+2/p-2. The van der Waals surface area contributed by atoms with Gasteiger partial charge in [0.25, 0.3) is 0 Å². The van der Waals surface area contributed by atoms with Gasteiger partial charge in [-0.25, -0.2) is 0 Å². The molecule has 0 saturated heterocycles. The van der Waals surface area contributed by atoms with Crippen molar-refractivity contribution in [3.05, 3.63) is 106 Å². The molecule has 0 fully saturated rings. The minimum Gasteiger partial charge on any atom is -1.00 e. The van der Waals surface area contributed by atoms with Crippen LogP contribution in [0.25, 0.3) is 28.1 Å². The first-order chi connectivity index (χ1) is 15.5. The summed E-state index contributed by atoms with van der Waals surface area (Å²) in [4.78, 5) is 0. The normalized spacial score (nSPS) is 13.9. The van der Waals surface area contributed by atoms with E-state index >= 15 is 0 Å². The predicted octanol–water partition coefficient (Wildman–Crippen LogP) is 2.14. The second-order valence-electron chi connectivity index (χ2n) is 9.75. The second kappa shape index (κ2) is 9.90. The number of hydrogen-bond acceptors (Lipinski definition) is 0. The molecule has 0 nitrogen and oxygen atoms in total. The van der Waals surface area contributed by atoms with Crippen LogP contribution in [0.5, 0.6) is 0 Å². The first kappa shape index (κ1) is 25.6. The van der Waals surface area contributed by atoms with Gasteiger partial charge in [-0.15, -0.1) is 0 Å². The Morgan fingerprint density at radius 2 is 0.941 bits per heavy atom. The minimum atomic E-state index is -2.06. The van der Waals surface area contributed by atoms with E-state index in [1.54, 1.807) is 33.4 Å². The van der Waals surface area contributed by atoms with E-state index in [9.17, 15) is 0 Å². The maximum absolute atomic E-state index is 2.60. The van der Waals surface area contributed by atoms with Gasteiger partial charge in [-0.3, -0.25) is 0 Å². The van der Waals surface area contributed by atoms with Crippen LogP contribution in [-0.2, 0) is 33.2 Å². The fraction of sp³-hybridized carbons (Fsp3) is 0.200. The van der Waals surface area contributed by atoms with Crippen molar-refractivity contribution in [2.24, 2.45) is 0 Å². The summed E-state index contributed by atoms with van der Waals surface area (Å²) >= 11 is -2.06. The number of hydrogen-bond donors (Lipinski definition) is 0. The predicted molar refractivity (Wildman–Crippen MR) is 138 cm³/mol. The molecular formula is C30H28Cl2SiZr. The average molecular weight is 579 g/mol. The van der Waals surface area contributed by atoms with Crippen molar-refractivity contribution in [2.45, 2.75) is 39.8 Å². The molecule has 0 aromatic heterocycles. The summed E-state index contributed by atoms with van der Waals surface area (Å²) in [6.45, 7) is 10.0. The Balaban J connectivity index is 0.00000137. The van der Waals surface area contributed by atoms with Crippen LogP contribution in [-0.4, -0.2) is 5.43 Å². The van der Waals surface area contributed by atoms with E-state index in [-0.39, 0.29) is 24.8 Å². The third kappa shape index (κ3) is 4.11. The molecule has 0 saturated carbocycles. The van der Waals surface area contributed by atoms with Crippen LogP contribution in [0.2, 0.25) is 13.1 Å². The summed E-state index contributed by atoms with van der Waals surface area (Å²) in [6.07, 6.45) is 2.29. The van der Waals surface area contributed by atoms with Gasteiger partial charge in [0.05, 0.1) is 0 Å². The van der Waals surface area contributed by atoms with Gasteiger partial charge in [-0.1, -0.05) is 0 Å². The van der Waals surface area contributed by atoms with Gasteiger partial charge in [0, 0.05) is 0 Å². The molecule has 4 aromatic rings. The molecule has 34 heavy (non-hydrogen) atoms. The van der Waals surface area contributed by atoms with Crippen LogP contribution >= 0.6 is 0 Å². The Bertz CT molecular complexity index is 1440. The molecule has 0 radical (unpaired) electrons. The smallest absolute Gasteiger partial charge is 1.00 e. The van der Waals surface area contributed by atoms with Crippen molar-refractivity contribution in [2.75, 3.05) is 0 Å². The molecule has 170 valence electrons. The molecule has 4 aromatic carbocycles. The molecule has 0 atom stereocenters. The number of fused-ring (bicyclic) bond motifs is 4. The molecule has 4 heteroatoms. The molecule has 0 amide bonds. The molecule has 0 spiro atoms. The van der Waals surface area contributed by atoms with Crippen molar-refractivity contribution < 1.29 is 45.2 Å². The third-order valence-corrected chi connectivity index (χ3v) is 24.5. The van der Waals surface area contributed by atoms with Crippen LogP contribution in [0.15, 0.2) is 83.9 Å². The van der Waals surface area contributed by atoms with Gasteiger partial charge in [-0.05, 0) is 0 Å². The van der Waals surface area contributed by atoms with E-state index in [2.05, 4.69) is 99.7 Å². The maximum atomic E-state index is 2.60. The van der Waals surface area contributed by atoms with E-state index in [0.29, 0.717) is 0 Å². The van der Waals surface area contributed by atoms with Crippen molar-refractivity contribution in [1.29, 1.82) is 0 Å². The van der Waals surface area contributed by atoms with Crippen molar-refractivity contribution in [3.63, 3.8) is 0 Å². The Labute approximate surface area is 223 Å². The van der Waals surface area contributed by atoms with Gasteiger partial charge in [0.15, 0.2) is 0 Å². The monoisotopic (exact) mass is 576 g/mol. The van der Waals surface area contributed by atoms with Crippen LogP contribution in [0.1, 0.15) is 36.1 Å². The summed E-state index contributed by atoms with van der Waals surface area (Å²) in [5.74, 6) is 0. The van der Waals surface area contributed by atoms with Gasteiger partial charge < -0.3 is 24.8 Å². The summed E-state index contributed by atoms with van der Waals surface area (Å²) in [5.41, 5.74) is 9.22. The van der Waals surface area contributed by atoms with Crippen LogP contribution in [0.3, 0.4) is 0 Å². The van der Waals surface area contributed by atoms with E-state index < -0.39 is 25.8 Å². The Morgan fingerprint density at radius 3 is 1.29 bits per heavy atom. The summed E-state index contributed by atoms with van der Waals surface area (Å²) < 4.78 is 3.64. The Morgan fingerprint density at radius 1 is 0.588 bits per heavy atom. The molecule has 6 rings (SSSR count). The Kier molecular flexibility index (Phi) is 7.47. The van der Waals surface area contributed by atoms with Crippen LogP contribution in [0, 0.1) is 0 Å². The molecule has 0 aliphatic heterocycles. The topological polar surface area (TPSA) is 0 Å². The molecule has 0 heterocycles. The maximum Gasteiger partial charge on any atom is -1.00 e. The number of benzene rings is 4. The quantitative estimate of drug-likeness (QED) is 0.320. The molecule has 0 unspecified atom stereocenters. The first-order valence-electron chi connectivity index (χ1n) is 11.6. The SMILES string of the molecule is CC1=[C]([Zr+2]([C]2=C(C)Cc3cc4ccccc4cc32)=[Si](C)C)c2cc3ccccc3cc2C1.[Cl-].[Cl-]. The van der Waals surface area contributed by atoms with E-state index in [0.717, 1.165) is 12.8 Å². The van der Waals surface area contributed by atoms with Crippen molar-refractivity contribution in [3.8, 4) is 0 Å².